The Morgan fingerprint density at radius 2 is 1.83 bits per heavy atom. The van der Waals surface area contributed by atoms with E-state index >= 15 is 0 Å². The van der Waals surface area contributed by atoms with Crippen molar-refractivity contribution in [2.75, 3.05) is 31.1 Å². The molecule has 1 saturated heterocycles. The second-order valence-electron chi connectivity index (χ2n) is 2.35. The smallest absolute Gasteiger partial charge is 0.231 e. The van der Waals surface area contributed by atoms with Gasteiger partial charge in [0.05, 0.1) is 6.54 Å². The molecule has 0 spiro atoms. The number of primary amides is 1. The summed E-state index contributed by atoms with van der Waals surface area (Å²) in [6.07, 6.45) is 0. The van der Waals surface area contributed by atoms with Crippen LogP contribution in [0.1, 0.15) is 0 Å². The minimum Gasteiger partial charge on any atom is -0.369 e. The van der Waals surface area contributed by atoms with E-state index in [-0.39, 0.29) is 30.7 Å². The molecule has 2 N–H and O–H groups in total. The predicted octanol–water partition coefficient (Wildman–Crippen LogP) is 0.364. The van der Waals surface area contributed by atoms with E-state index in [1.165, 1.54) is 0 Å². The molecule has 0 radical (unpaired) electrons. The van der Waals surface area contributed by atoms with Crippen molar-refractivity contribution in [3.05, 3.63) is 0 Å². The van der Waals surface area contributed by atoms with Crippen LogP contribution in [0.2, 0.25) is 0 Å². The Morgan fingerprint density at radius 3 is 2.25 bits per heavy atom. The number of carbonyl (C=O) groups is 1. The molecule has 1 amide bonds. The number of hydrogen-bond acceptors (Lipinski definition) is 3. The summed E-state index contributed by atoms with van der Waals surface area (Å²) in [4.78, 5) is 12.5. The molecule has 74 valence electrons. The second kappa shape index (κ2) is 7.98. The second-order valence-corrected chi connectivity index (χ2v) is 3.58. The number of nitrogens with zero attached hydrogens (tertiary/aromatic N) is 1. The summed E-state index contributed by atoms with van der Waals surface area (Å²) in [6, 6.07) is 0. The first-order chi connectivity index (χ1) is 4.79. The minimum absolute atomic E-state index is 0. The van der Waals surface area contributed by atoms with Gasteiger partial charge in [-0.25, -0.2) is 0 Å². The Kier molecular flexibility index (Phi) is 9.88. The van der Waals surface area contributed by atoms with Gasteiger partial charge >= 0.3 is 0 Å². The zero-order valence-electron chi connectivity index (χ0n) is 6.69. The molecule has 3 nitrogen and oxygen atoms in total. The van der Waals surface area contributed by atoms with E-state index in [2.05, 4.69) is 4.90 Å². The fourth-order valence-electron chi connectivity index (χ4n) is 0.980. The summed E-state index contributed by atoms with van der Waals surface area (Å²) in [7, 11) is 0. The average Bonchev–Trinajstić information content (AvgIpc) is 1.88. The van der Waals surface area contributed by atoms with Gasteiger partial charge < -0.3 is 5.73 Å². The number of thioether (sulfide) groups is 1. The largest absolute Gasteiger partial charge is 0.369 e. The van der Waals surface area contributed by atoms with E-state index in [0.29, 0.717) is 6.54 Å². The van der Waals surface area contributed by atoms with Crippen LogP contribution in [-0.2, 0) is 4.79 Å². The predicted molar refractivity (Wildman–Crippen MR) is 57.5 cm³/mol. The Hall–Kier alpha value is 0.360. The molecule has 1 aliphatic rings. The number of hydrogen-bond donors (Lipinski definition) is 1. The van der Waals surface area contributed by atoms with E-state index in [9.17, 15) is 4.79 Å². The molecule has 0 bridgehead atoms. The summed E-state index contributed by atoms with van der Waals surface area (Å²) in [5, 5.41) is 0. The molecule has 1 aliphatic heterocycles. The van der Waals surface area contributed by atoms with Gasteiger partial charge in [0.2, 0.25) is 5.91 Å². The fraction of sp³-hybridized carbons (Fsp3) is 0.833. The van der Waals surface area contributed by atoms with E-state index < -0.39 is 0 Å². The third-order valence-electron chi connectivity index (χ3n) is 1.48. The maximum Gasteiger partial charge on any atom is 0.231 e. The van der Waals surface area contributed by atoms with Gasteiger partial charge in [-0.1, -0.05) is 0 Å². The minimum atomic E-state index is -0.216. The third kappa shape index (κ3) is 5.94. The first-order valence-corrected chi connectivity index (χ1v) is 4.53. The van der Waals surface area contributed by atoms with Crippen LogP contribution in [0.5, 0.6) is 0 Å². The first-order valence-electron chi connectivity index (χ1n) is 3.37. The summed E-state index contributed by atoms with van der Waals surface area (Å²) < 4.78 is 0. The van der Waals surface area contributed by atoms with Crippen molar-refractivity contribution in [1.29, 1.82) is 0 Å². The van der Waals surface area contributed by atoms with Crippen LogP contribution in [0.15, 0.2) is 0 Å². The lowest BCUT2D eigenvalue weighted by Gasteiger charge is -2.24. The molecule has 12 heavy (non-hydrogen) atoms. The maximum absolute atomic E-state index is 10.4. The topological polar surface area (TPSA) is 46.3 Å². The number of nitrogens with two attached hydrogens (primary N) is 1. The van der Waals surface area contributed by atoms with Gasteiger partial charge in [-0.2, -0.15) is 11.8 Å². The molecule has 0 aromatic heterocycles. The van der Waals surface area contributed by atoms with E-state index in [1.807, 2.05) is 11.8 Å². The number of halogens is 2. The lowest BCUT2D eigenvalue weighted by Crippen LogP contribution is -2.39. The molecule has 1 fully saturated rings. The maximum atomic E-state index is 10.4. The van der Waals surface area contributed by atoms with Gasteiger partial charge in [0.25, 0.3) is 0 Å². The van der Waals surface area contributed by atoms with Gasteiger partial charge in [-0.15, -0.1) is 24.8 Å². The Balaban J connectivity index is 0. The van der Waals surface area contributed by atoms with Crippen molar-refractivity contribution in [2.45, 2.75) is 0 Å². The molecule has 0 aromatic rings. The summed E-state index contributed by atoms with van der Waals surface area (Å²) in [6.45, 7) is 2.45. The number of rotatable bonds is 2. The zero-order valence-corrected chi connectivity index (χ0v) is 9.14. The highest BCUT2D eigenvalue weighted by molar-refractivity contribution is 7.99. The van der Waals surface area contributed by atoms with Crippen LogP contribution in [-0.4, -0.2) is 41.9 Å². The van der Waals surface area contributed by atoms with Crippen LogP contribution in [0.4, 0.5) is 0 Å². The highest BCUT2D eigenvalue weighted by atomic mass is 35.5. The molecule has 0 aromatic carbocycles. The molecular formula is C6H14Cl2N2OS. The molecule has 6 heteroatoms. The van der Waals surface area contributed by atoms with Crippen LogP contribution in [0, 0.1) is 0 Å². The van der Waals surface area contributed by atoms with Gasteiger partial charge in [0.15, 0.2) is 0 Å². The number of amides is 1. The van der Waals surface area contributed by atoms with Gasteiger partial charge in [0, 0.05) is 24.6 Å². The lowest BCUT2D eigenvalue weighted by molar-refractivity contribution is -0.119. The SMILES string of the molecule is Cl.Cl.NC(=O)CN1CCSCC1. The Labute approximate surface area is 89.2 Å². The average molecular weight is 233 g/mol. The zero-order chi connectivity index (χ0) is 7.40. The van der Waals surface area contributed by atoms with E-state index in [1.54, 1.807) is 0 Å². The highest BCUT2D eigenvalue weighted by Crippen LogP contribution is 2.07. The van der Waals surface area contributed by atoms with Crippen molar-refractivity contribution >= 4 is 42.5 Å². The van der Waals surface area contributed by atoms with Crippen molar-refractivity contribution in [3.8, 4) is 0 Å². The van der Waals surface area contributed by atoms with E-state index in [4.69, 9.17) is 5.73 Å². The summed E-state index contributed by atoms with van der Waals surface area (Å²) in [5.74, 6) is 2.05. The first kappa shape index (κ1) is 14.9. The third-order valence-corrected chi connectivity index (χ3v) is 2.43. The Morgan fingerprint density at radius 1 is 1.33 bits per heavy atom. The standard InChI is InChI=1S/C6H12N2OS.2ClH/c7-6(9)5-8-1-3-10-4-2-8;;/h1-5H2,(H2,7,9);2*1H. The molecule has 0 atom stereocenters. The van der Waals surface area contributed by atoms with Crippen LogP contribution < -0.4 is 5.73 Å². The van der Waals surface area contributed by atoms with Crippen molar-refractivity contribution in [1.82, 2.24) is 4.90 Å². The number of carbonyl (C=O) groups excluding carboxylic acids is 1. The van der Waals surface area contributed by atoms with Crippen molar-refractivity contribution in [2.24, 2.45) is 5.73 Å². The van der Waals surface area contributed by atoms with Crippen LogP contribution in [0.25, 0.3) is 0 Å². The van der Waals surface area contributed by atoms with Gasteiger partial charge in [0.1, 0.15) is 0 Å². The van der Waals surface area contributed by atoms with Crippen molar-refractivity contribution < 1.29 is 4.79 Å². The van der Waals surface area contributed by atoms with E-state index in [0.717, 1.165) is 24.6 Å². The molecule has 1 rings (SSSR count). The Bertz CT molecular complexity index is 131. The molecule has 1 heterocycles. The molecular weight excluding hydrogens is 219 g/mol. The normalized spacial score (nSPS) is 17.3. The molecule has 0 unspecified atom stereocenters. The fourth-order valence-corrected chi connectivity index (χ4v) is 1.96. The quantitative estimate of drug-likeness (QED) is 0.749. The van der Waals surface area contributed by atoms with Gasteiger partial charge in [-0.05, 0) is 0 Å². The summed E-state index contributed by atoms with van der Waals surface area (Å²) >= 11 is 1.93. The molecule has 0 aliphatic carbocycles. The lowest BCUT2D eigenvalue weighted by atomic mass is 10.4. The molecule has 0 saturated carbocycles. The van der Waals surface area contributed by atoms with Crippen molar-refractivity contribution in [3.63, 3.8) is 0 Å². The highest BCUT2D eigenvalue weighted by Gasteiger charge is 2.11. The van der Waals surface area contributed by atoms with Crippen LogP contribution >= 0.6 is 36.6 Å². The summed E-state index contributed by atoms with van der Waals surface area (Å²) in [5.41, 5.74) is 5.04. The van der Waals surface area contributed by atoms with Crippen LogP contribution in [0.3, 0.4) is 0 Å². The monoisotopic (exact) mass is 232 g/mol. The van der Waals surface area contributed by atoms with Gasteiger partial charge in [-0.3, -0.25) is 9.69 Å².